The molecule has 0 fully saturated rings. The molecule has 0 atom stereocenters. The molecule has 0 saturated carbocycles. The van der Waals surface area contributed by atoms with Crippen LogP contribution in [0.15, 0.2) is 41.5 Å². The standard InChI is InChI=1S/C22H28N2O3/c1-6-26-21-12-18(8-10-20(21)27-15(2)3)14-23-24-22(25)13-19-9-7-16(4)11-17(19)5/h7-12,14-15H,6,13H2,1-5H3,(H,24,25)/b23-14+. The van der Waals surface area contributed by atoms with Crippen molar-refractivity contribution in [3.63, 3.8) is 0 Å². The first-order valence-electron chi connectivity index (χ1n) is 9.20. The SMILES string of the molecule is CCOc1cc(/C=N/NC(=O)Cc2ccc(C)cc2C)ccc1OC(C)C. The molecule has 0 unspecified atom stereocenters. The smallest absolute Gasteiger partial charge is 0.244 e. The molecule has 0 aliphatic rings. The number of rotatable bonds is 8. The van der Waals surface area contributed by atoms with Gasteiger partial charge in [0.1, 0.15) is 0 Å². The maximum Gasteiger partial charge on any atom is 0.244 e. The molecule has 5 heteroatoms. The van der Waals surface area contributed by atoms with Gasteiger partial charge in [0.2, 0.25) is 5.91 Å². The van der Waals surface area contributed by atoms with Crippen LogP contribution in [0.1, 0.15) is 43.0 Å². The monoisotopic (exact) mass is 368 g/mol. The quantitative estimate of drug-likeness (QED) is 0.562. The van der Waals surface area contributed by atoms with Gasteiger partial charge in [-0.1, -0.05) is 23.8 Å². The summed E-state index contributed by atoms with van der Waals surface area (Å²) in [7, 11) is 0. The average molecular weight is 368 g/mol. The van der Waals surface area contributed by atoms with Crippen molar-refractivity contribution in [2.24, 2.45) is 5.10 Å². The van der Waals surface area contributed by atoms with Gasteiger partial charge >= 0.3 is 0 Å². The van der Waals surface area contributed by atoms with Gasteiger partial charge in [0, 0.05) is 0 Å². The van der Waals surface area contributed by atoms with Crippen LogP contribution in [-0.2, 0) is 11.2 Å². The predicted molar refractivity (Wildman–Crippen MR) is 109 cm³/mol. The highest BCUT2D eigenvalue weighted by molar-refractivity contribution is 5.84. The van der Waals surface area contributed by atoms with Crippen molar-refractivity contribution < 1.29 is 14.3 Å². The number of hydrogen-bond acceptors (Lipinski definition) is 4. The Bertz CT molecular complexity index is 813. The van der Waals surface area contributed by atoms with Gasteiger partial charge < -0.3 is 9.47 Å². The number of hydrogen-bond donors (Lipinski definition) is 1. The van der Waals surface area contributed by atoms with Crippen LogP contribution in [0.4, 0.5) is 0 Å². The van der Waals surface area contributed by atoms with Crippen LogP contribution in [-0.4, -0.2) is 24.8 Å². The van der Waals surface area contributed by atoms with E-state index in [4.69, 9.17) is 9.47 Å². The Morgan fingerprint density at radius 1 is 1.15 bits per heavy atom. The van der Waals surface area contributed by atoms with E-state index in [0.717, 1.165) is 16.7 Å². The lowest BCUT2D eigenvalue weighted by Gasteiger charge is -2.14. The summed E-state index contributed by atoms with van der Waals surface area (Å²) in [5.41, 5.74) is 6.69. The minimum Gasteiger partial charge on any atom is -0.490 e. The second kappa shape index (κ2) is 9.76. The minimum absolute atomic E-state index is 0.0632. The Morgan fingerprint density at radius 3 is 2.59 bits per heavy atom. The number of hydrazone groups is 1. The third-order valence-electron chi connectivity index (χ3n) is 3.88. The number of nitrogens with zero attached hydrogens (tertiary/aromatic N) is 1. The van der Waals surface area contributed by atoms with Gasteiger partial charge in [-0.2, -0.15) is 5.10 Å². The third kappa shape index (κ3) is 6.44. The molecule has 2 rings (SSSR count). The van der Waals surface area contributed by atoms with E-state index in [9.17, 15) is 4.79 Å². The summed E-state index contributed by atoms with van der Waals surface area (Å²) in [5.74, 6) is 1.21. The van der Waals surface area contributed by atoms with E-state index in [1.54, 1.807) is 6.21 Å². The Kier molecular flexibility index (Phi) is 7.41. The normalized spacial score (nSPS) is 11.0. The van der Waals surface area contributed by atoms with Crippen LogP contribution >= 0.6 is 0 Å². The Labute approximate surface area is 161 Å². The maximum atomic E-state index is 12.1. The fraction of sp³-hybridized carbons (Fsp3) is 0.364. The molecule has 0 saturated heterocycles. The summed E-state index contributed by atoms with van der Waals surface area (Å²) < 4.78 is 11.4. The van der Waals surface area contributed by atoms with Crippen molar-refractivity contribution in [3.8, 4) is 11.5 Å². The van der Waals surface area contributed by atoms with E-state index in [0.29, 0.717) is 24.5 Å². The van der Waals surface area contributed by atoms with E-state index in [1.165, 1.54) is 5.56 Å². The van der Waals surface area contributed by atoms with Crippen LogP contribution in [0.2, 0.25) is 0 Å². The molecule has 0 radical (unpaired) electrons. The number of carbonyl (C=O) groups is 1. The van der Waals surface area contributed by atoms with Gasteiger partial charge in [0.25, 0.3) is 0 Å². The first-order valence-corrected chi connectivity index (χ1v) is 9.20. The van der Waals surface area contributed by atoms with Crippen LogP contribution in [0, 0.1) is 13.8 Å². The van der Waals surface area contributed by atoms with Crippen LogP contribution in [0.3, 0.4) is 0 Å². The van der Waals surface area contributed by atoms with Gasteiger partial charge in [0.15, 0.2) is 11.5 Å². The van der Waals surface area contributed by atoms with E-state index in [2.05, 4.69) is 16.6 Å². The third-order valence-corrected chi connectivity index (χ3v) is 3.88. The molecule has 1 N–H and O–H groups in total. The van der Waals surface area contributed by atoms with Crippen molar-refractivity contribution in [1.82, 2.24) is 5.43 Å². The predicted octanol–water partition coefficient (Wildman–Crippen LogP) is 4.18. The first-order chi connectivity index (χ1) is 12.9. The fourth-order valence-corrected chi connectivity index (χ4v) is 2.66. The zero-order valence-corrected chi connectivity index (χ0v) is 16.7. The molecule has 0 heterocycles. The fourth-order valence-electron chi connectivity index (χ4n) is 2.66. The molecule has 0 spiro atoms. The van der Waals surface area contributed by atoms with Crippen LogP contribution in [0.5, 0.6) is 11.5 Å². The van der Waals surface area contributed by atoms with Gasteiger partial charge in [0.05, 0.1) is 25.3 Å². The summed E-state index contributed by atoms with van der Waals surface area (Å²) in [4.78, 5) is 12.1. The highest BCUT2D eigenvalue weighted by atomic mass is 16.5. The number of amides is 1. The van der Waals surface area contributed by atoms with E-state index in [1.807, 2.05) is 65.0 Å². The molecule has 0 aliphatic carbocycles. The van der Waals surface area contributed by atoms with Gasteiger partial charge in [-0.25, -0.2) is 5.43 Å². The summed E-state index contributed by atoms with van der Waals surface area (Å²) in [5, 5.41) is 4.06. The molecule has 27 heavy (non-hydrogen) atoms. The largest absolute Gasteiger partial charge is 0.490 e. The average Bonchev–Trinajstić information content (AvgIpc) is 2.59. The molecule has 2 aromatic rings. The molecule has 5 nitrogen and oxygen atoms in total. The van der Waals surface area contributed by atoms with Gasteiger partial charge in [-0.05, 0) is 69.5 Å². The van der Waals surface area contributed by atoms with Crippen molar-refractivity contribution in [2.45, 2.75) is 47.1 Å². The summed E-state index contributed by atoms with van der Waals surface area (Å²) >= 11 is 0. The second-order valence-corrected chi connectivity index (χ2v) is 6.71. The van der Waals surface area contributed by atoms with Crippen molar-refractivity contribution in [2.75, 3.05) is 6.61 Å². The van der Waals surface area contributed by atoms with Gasteiger partial charge in [-0.15, -0.1) is 0 Å². The number of carbonyl (C=O) groups excluding carboxylic acids is 1. The summed E-state index contributed by atoms with van der Waals surface area (Å²) in [6.45, 7) is 10.5. The lowest BCUT2D eigenvalue weighted by atomic mass is 10.0. The topological polar surface area (TPSA) is 59.9 Å². The van der Waals surface area contributed by atoms with Crippen molar-refractivity contribution in [1.29, 1.82) is 0 Å². The van der Waals surface area contributed by atoms with Crippen LogP contribution in [0.25, 0.3) is 0 Å². The second-order valence-electron chi connectivity index (χ2n) is 6.71. The highest BCUT2D eigenvalue weighted by Gasteiger charge is 2.08. The number of ether oxygens (including phenoxy) is 2. The lowest BCUT2D eigenvalue weighted by molar-refractivity contribution is -0.120. The first kappa shape index (κ1) is 20.5. The number of aryl methyl sites for hydroxylation is 2. The zero-order chi connectivity index (χ0) is 19.8. The Morgan fingerprint density at radius 2 is 1.93 bits per heavy atom. The number of benzene rings is 2. The van der Waals surface area contributed by atoms with Crippen LogP contribution < -0.4 is 14.9 Å². The minimum atomic E-state index is -0.150. The molecule has 0 bridgehead atoms. The molecule has 2 aromatic carbocycles. The van der Waals surface area contributed by atoms with Crippen molar-refractivity contribution in [3.05, 3.63) is 58.7 Å². The zero-order valence-electron chi connectivity index (χ0n) is 16.7. The molecule has 0 aromatic heterocycles. The summed E-state index contributed by atoms with van der Waals surface area (Å²) in [6, 6.07) is 11.6. The molecule has 144 valence electrons. The summed E-state index contributed by atoms with van der Waals surface area (Å²) in [6.07, 6.45) is 1.96. The van der Waals surface area contributed by atoms with E-state index < -0.39 is 0 Å². The lowest BCUT2D eigenvalue weighted by Crippen LogP contribution is -2.20. The Hall–Kier alpha value is -2.82. The molecular weight excluding hydrogens is 340 g/mol. The van der Waals surface area contributed by atoms with E-state index >= 15 is 0 Å². The number of nitrogens with one attached hydrogen (secondary N) is 1. The maximum absolute atomic E-state index is 12.1. The van der Waals surface area contributed by atoms with E-state index in [-0.39, 0.29) is 12.0 Å². The van der Waals surface area contributed by atoms with Crippen molar-refractivity contribution >= 4 is 12.1 Å². The molecular formula is C22H28N2O3. The highest BCUT2D eigenvalue weighted by Crippen LogP contribution is 2.28. The molecule has 1 amide bonds. The van der Waals surface area contributed by atoms with Gasteiger partial charge in [-0.3, -0.25) is 4.79 Å². The Balaban J connectivity index is 2.00. The molecule has 0 aliphatic heterocycles.